The number of anilines is 1. The maximum absolute atomic E-state index is 12.5. The van der Waals surface area contributed by atoms with E-state index in [0.717, 1.165) is 33.8 Å². The number of sulfonamides is 1. The number of hydrogen-bond acceptors (Lipinski definition) is 5. The maximum Gasteiger partial charge on any atom is 0.243 e. The van der Waals surface area contributed by atoms with Crippen LogP contribution in [0.5, 0.6) is 0 Å². The van der Waals surface area contributed by atoms with Gasteiger partial charge in [-0.2, -0.15) is 4.31 Å². The van der Waals surface area contributed by atoms with Gasteiger partial charge in [-0.3, -0.25) is 0 Å². The molecule has 0 radical (unpaired) electrons. The highest BCUT2D eigenvalue weighted by Crippen LogP contribution is 2.28. The summed E-state index contributed by atoms with van der Waals surface area (Å²) in [4.78, 5) is 4.88. The van der Waals surface area contributed by atoms with Gasteiger partial charge in [0.1, 0.15) is 0 Å². The number of thiazole rings is 1. The van der Waals surface area contributed by atoms with Gasteiger partial charge in [0.25, 0.3) is 0 Å². The highest BCUT2D eigenvalue weighted by atomic mass is 35.5. The minimum absolute atomic E-state index is 0.359. The predicted octanol–water partition coefficient (Wildman–Crippen LogP) is 4.35. The van der Waals surface area contributed by atoms with Crippen LogP contribution in [0.2, 0.25) is 5.02 Å². The van der Waals surface area contributed by atoms with Gasteiger partial charge in [0.2, 0.25) is 10.0 Å². The summed E-state index contributed by atoms with van der Waals surface area (Å²) in [6.07, 6.45) is 1.88. The molecule has 0 saturated carbocycles. The lowest BCUT2D eigenvalue weighted by molar-refractivity contribution is 0.477. The lowest BCUT2D eigenvalue weighted by Crippen LogP contribution is -2.27. The first-order valence-electron chi connectivity index (χ1n) is 8.41. The van der Waals surface area contributed by atoms with Gasteiger partial charge in [0.15, 0.2) is 5.13 Å². The number of halogens is 1. The highest BCUT2D eigenvalue weighted by Gasteiger charge is 2.26. The molecule has 1 saturated heterocycles. The van der Waals surface area contributed by atoms with Gasteiger partial charge in [-0.05, 0) is 48.7 Å². The highest BCUT2D eigenvalue weighted by molar-refractivity contribution is 7.89. The molecule has 1 aliphatic rings. The summed E-state index contributed by atoms with van der Waals surface area (Å²) >= 11 is 7.55. The van der Waals surface area contributed by atoms with E-state index in [-0.39, 0.29) is 0 Å². The molecule has 0 amide bonds. The number of nitrogens with zero attached hydrogens (tertiary/aromatic N) is 2. The molecule has 0 atom stereocenters. The second-order valence-corrected chi connectivity index (χ2v) is 9.64. The first kappa shape index (κ1) is 17.7. The molecule has 0 bridgehead atoms. The molecule has 2 heterocycles. The average molecular weight is 408 g/mol. The van der Waals surface area contributed by atoms with Crippen LogP contribution in [-0.2, 0) is 16.6 Å². The Morgan fingerprint density at radius 3 is 2.58 bits per heavy atom. The number of rotatable bonds is 5. The van der Waals surface area contributed by atoms with Crippen LogP contribution < -0.4 is 5.32 Å². The van der Waals surface area contributed by atoms with Crippen molar-refractivity contribution in [3.05, 3.63) is 53.1 Å². The SMILES string of the molecule is O=S(=O)(c1ccc(CNc2nc3ccc(Cl)cc3s2)cc1)N1CCCC1. The Kier molecular flexibility index (Phi) is 4.88. The summed E-state index contributed by atoms with van der Waals surface area (Å²) in [5, 5.41) is 4.80. The van der Waals surface area contributed by atoms with E-state index >= 15 is 0 Å². The zero-order valence-corrected chi connectivity index (χ0v) is 16.4. The number of fused-ring (bicyclic) bond motifs is 1. The van der Waals surface area contributed by atoms with Crippen molar-refractivity contribution in [1.29, 1.82) is 0 Å². The summed E-state index contributed by atoms with van der Waals surface area (Å²) in [6.45, 7) is 1.82. The molecule has 1 N–H and O–H groups in total. The second kappa shape index (κ2) is 7.15. The van der Waals surface area contributed by atoms with E-state index in [1.807, 2.05) is 30.3 Å². The largest absolute Gasteiger partial charge is 0.357 e. The van der Waals surface area contributed by atoms with E-state index in [9.17, 15) is 8.42 Å². The summed E-state index contributed by atoms with van der Waals surface area (Å²) in [6, 6.07) is 12.7. The molecular formula is C18H18ClN3O2S2. The topological polar surface area (TPSA) is 62.3 Å². The predicted molar refractivity (Wildman–Crippen MR) is 106 cm³/mol. The Hall–Kier alpha value is -1.67. The van der Waals surface area contributed by atoms with Crippen molar-refractivity contribution in [2.45, 2.75) is 24.3 Å². The smallest absolute Gasteiger partial charge is 0.243 e. The third-order valence-electron chi connectivity index (χ3n) is 4.42. The molecule has 0 unspecified atom stereocenters. The molecule has 4 rings (SSSR count). The zero-order valence-electron chi connectivity index (χ0n) is 14.0. The van der Waals surface area contributed by atoms with Crippen molar-refractivity contribution in [1.82, 2.24) is 9.29 Å². The molecule has 1 aromatic heterocycles. The summed E-state index contributed by atoms with van der Waals surface area (Å²) in [5.41, 5.74) is 1.91. The first-order chi connectivity index (χ1) is 12.5. The quantitative estimate of drug-likeness (QED) is 0.683. The summed E-state index contributed by atoms with van der Waals surface area (Å²) in [7, 11) is -3.35. The van der Waals surface area contributed by atoms with Crippen molar-refractivity contribution >= 4 is 48.3 Å². The van der Waals surface area contributed by atoms with Crippen LogP contribution in [0.3, 0.4) is 0 Å². The summed E-state index contributed by atoms with van der Waals surface area (Å²) in [5.74, 6) is 0. The molecule has 1 fully saturated rings. The third kappa shape index (κ3) is 3.57. The van der Waals surface area contributed by atoms with E-state index < -0.39 is 10.0 Å². The van der Waals surface area contributed by atoms with Crippen molar-refractivity contribution < 1.29 is 8.42 Å². The number of benzene rings is 2. The Bertz CT molecular complexity index is 1030. The van der Waals surface area contributed by atoms with Gasteiger partial charge in [-0.25, -0.2) is 13.4 Å². The van der Waals surface area contributed by atoms with Crippen molar-refractivity contribution in [2.24, 2.45) is 0 Å². The molecule has 1 aliphatic heterocycles. The molecule has 136 valence electrons. The number of hydrogen-bond donors (Lipinski definition) is 1. The van der Waals surface area contributed by atoms with Crippen LogP contribution in [0.4, 0.5) is 5.13 Å². The fourth-order valence-corrected chi connectivity index (χ4v) is 5.66. The number of nitrogens with one attached hydrogen (secondary N) is 1. The fourth-order valence-electron chi connectivity index (χ4n) is 3.01. The van der Waals surface area contributed by atoms with Gasteiger partial charge in [0.05, 0.1) is 15.1 Å². The molecule has 3 aromatic rings. The first-order valence-corrected chi connectivity index (χ1v) is 11.0. The Morgan fingerprint density at radius 1 is 1.12 bits per heavy atom. The van der Waals surface area contributed by atoms with Crippen LogP contribution in [0.25, 0.3) is 10.2 Å². The normalized spacial score (nSPS) is 15.6. The van der Waals surface area contributed by atoms with E-state index in [0.29, 0.717) is 29.6 Å². The summed E-state index contributed by atoms with van der Waals surface area (Å²) < 4.78 is 27.7. The van der Waals surface area contributed by atoms with E-state index in [1.54, 1.807) is 27.8 Å². The van der Waals surface area contributed by atoms with Crippen LogP contribution >= 0.6 is 22.9 Å². The minimum atomic E-state index is -3.35. The van der Waals surface area contributed by atoms with Gasteiger partial charge in [0, 0.05) is 24.7 Å². The minimum Gasteiger partial charge on any atom is -0.357 e. The lowest BCUT2D eigenvalue weighted by atomic mass is 10.2. The van der Waals surface area contributed by atoms with Crippen LogP contribution in [0.15, 0.2) is 47.4 Å². The van der Waals surface area contributed by atoms with Gasteiger partial charge >= 0.3 is 0 Å². The van der Waals surface area contributed by atoms with Crippen LogP contribution in [0, 0.1) is 0 Å². The van der Waals surface area contributed by atoms with E-state index in [2.05, 4.69) is 10.3 Å². The van der Waals surface area contributed by atoms with Gasteiger partial charge in [-0.15, -0.1) is 0 Å². The molecule has 26 heavy (non-hydrogen) atoms. The molecule has 0 spiro atoms. The second-order valence-electron chi connectivity index (χ2n) is 6.24. The van der Waals surface area contributed by atoms with Gasteiger partial charge < -0.3 is 5.32 Å². The molecule has 8 heteroatoms. The van der Waals surface area contributed by atoms with Gasteiger partial charge in [-0.1, -0.05) is 35.1 Å². The lowest BCUT2D eigenvalue weighted by Gasteiger charge is -2.15. The molecule has 5 nitrogen and oxygen atoms in total. The standard InChI is InChI=1S/C18H18ClN3O2S2/c19-14-5-8-16-17(11-14)25-18(21-16)20-12-13-3-6-15(7-4-13)26(23,24)22-9-1-2-10-22/h3-8,11H,1-2,9-10,12H2,(H,20,21). The number of aromatic nitrogens is 1. The van der Waals surface area contributed by atoms with Crippen molar-refractivity contribution in [3.63, 3.8) is 0 Å². The molecule has 0 aliphatic carbocycles. The average Bonchev–Trinajstić information content (AvgIpc) is 3.30. The Labute approximate surface area is 161 Å². The van der Waals surface area contributed by atoms with E-state index in [4.69, 9.17) is 11.6 Å². The van der Waals surface area contributed by atoms with Crippen LogP contribution in [-0.4, -0.2) is 30.8 Å². The Balaban J connectivity index is 1.45. The fraction of sp³-hybridized carbons (Fsp3) is 0.278. The van der Waals surface area contributed by atoms with E-state index in [1.165, 1.54) is 0 Å². The maximum atomic E-state index is 12.5. The molecule has 2 aromatic carbocycles. The van der Waals surface area contributed by atoms with Crippen molar-refractivity contribution in [3.8, 4) is 0 Å². The van der Waals surface area contributed by atoms with Crippen LogP contribution in [0.1, 0.15) is 18.4 Å². The van der Waals surface area contributed by atoms with Crippen molar-refractivity contribution in [2.75, 3.05) is 18.4 Å². The molecular weight excluding hydrogens is 390 g/mol. The monoisotopic (exact) mass is 407 g/mol. The third-order valence-corrected chi connectivity index (χ3v) is 7.54. The Morgan fingerprint density at radius 2 is 1.85 bits per heavy atom. The zero-order chi connectivity index (χ0) is 18.1.